The highest BCUT2D eigenvalue weighted by Gasteiger charge is 2.41. The summed E-state index contributed by atoms with van der Waals surface area (Å²) in [5.41, 5.74) is 1.78. The zero-order chi connectivity index (χ0) is 37.9. The van der Waals surface area contributed by atoms with Gasteiger partial charge in [-0.25, -0.2) is 34.3 Å². The normalized spacial score (nSPS) is 15.7. The molecule has 0 radical (unpaired) electrons. The van der Waals surface area contributed by atoms with Crippen molar-refractivity contribution in [2.45, 2.75) is 42.4 Å². The van der Waals surface area contributed by atoms with Crippen LogP contribution in [-0.2, 0) is 41.2 Å². The van der Waals surface area contributed by atoms with E-state index in [1.807, 2.05) is 19.1 Å². The van der Waals surface area contributed by atoms with E-state index >= 15 is 8.78 Å². The second kappa shape index (κ2) is 13.1. The van der Waals surface area contributed by atoms with Gasteiger partial charge in [0.1, 0.15) is 34.5 Å². The van der Waals surface area contributed by atoms with E-state index in [4.69, 9.17) is 14.2 Å². The van der Waals surface area contributed by atoms with Crippen molar-refractivity contribution in [3.05, 3.63) is 125 Å². The summed E-state index contributed by atoms with van der Waals surface area (Å²) in [5, 5.41) is 4.57. The van der Waals surface area contributed by atoms with Crippen molar-refractivity contribution in [3.63, 3.8) is 0 Å². The molecule has 15 heteroatoms. The lowest BCUT2D eigenvalue weighted by Gasteiger charge is -2.20. The molecule has 0 spiro atoms. The maximum absolute atomic E-state index is 15.9. The molecule has 4 aromatic carbocycles. The Morgan fingerprint density at radius 3 is 2.43 bits per heavy atom. The topological polar surface area (TPSA) is 136 Å². The lowest BCUT2D eigenvalue weighted by atomic mass is 9.81. The molecule has 0 bridgehead atoms. The van der Waals surface area contributed by atoms with Gasteiger partial charge in [-0.3, -0.25) is 4.79 Å². The lowest BCUT2D eigenvalue weighted by molar-refractivity contribution is -0.142. The smallest absolute Gasteiger partial charge is 0.310 e. The molecular weight excluding hydrogens is 729 g/mol. The predicted octanol–water partition coefficient (Wildman–Crippen LogP) is 6.65. The number of halogens is 2. The van der Waals surface area contributed by atoms with Crippen molar-refractivity contribution in [2.75, 3.05) is 19.5 Å². The Morgan fingerprint density at radius 1 is 0.962 bits per heavy atom. The van der Waals surface area contributed by atoms with Crippen LogP contribution in [0, 0.1) is 18.6 Å². The third-order valence-electron chi connectivity index (χ3n) is 9.14. The molecule has 274 valence electrons. The molecule has 1 atom stereocenters. The fourth-order valence-corrected chi connectivity index (χ4v) is 8.86. The fourth-order valence-electron chi connectivity index (χ4n) is 6.48. The maximum Gasteiger partial charge on any atom is 0.310 e. The summed E-state index contributed by atoms with van der Waals surface area (Å²) >= 11 is 0. The summed E-state index contributed by atoms with van der Waals surface area (Å²) in [5.74, 6) is -2.47. The first kappa shape index (κ1) is 35.8. The largest absolute Gasteiger partial charge is 0.492 e. The molecule has 1 unspecified atom stereocenters. The summed E-state index contributed by atoms with van der Waals surface area (Å²) in [6.45, 7) is 5.90. The van der Waals surface area contributed by atoms with E-state index in [0.29, 0.717) is 17.0 Å². The number of sulfone groups is 1. The van der Waals surface area contributed by atoms with E-state index in [1.165, 1.54) is 41.2 Å². The first-order valence-corrected chi connectivity index (χ1v) is 19.8. The monoisotopic (exact) mass is 761 g/mol. The first-order chi connectivity index (χ1) is 25.1. The number of rotatable bonds is 10. The number of aromatic nitrogens is 3. The molecule has 1 aliphatic rings. The van der Waals surface area contributed by atoms with Crippen molar-refractivity contribution in [1.29, 1.82) is 0 Å². The van der Waals surface area contributed by atoms with Gasteiger partial charge in [0.25, 0.3) is 10.0 Å². The number of aryl methyl sites for hydroxylation is 1. The third kappa shape index (κ3) is 6.33. The average molecular weight is 762 g/mol. The molecule has 0 aliphatic carbocycles. The van der Waals surface area contributed by atoms with Gasteiger partial charge in [0.2, 0.25) is 0 Å². The number of ether oxygens (including phenoxy) is 3. The summed E-state index contributed by atoms with van der Waals surface area (Å²) < 4.78 is 104. The van der Waals surface area contributed by atoms with E-state index in [1.54, 1.807) is 38.1 Å². The minimum absolute atomic E-state index is 0.0342. The molecule has 0 N–H and O–H groups in total. The van der Waals surface area contributed by atoms with E-state index < -0.39 is 47.6 Å². The van der Waals surface area contributed by atoms with Crippen molar-refractivity contribution in [2.24, 2.45) is 0 Å². The van der Waals surface area contributed by atoms with Gasteiger partial charge in [-0.2, -0.15) is 5.10 Å². The van der Waals surface area contributed by atoms with Gasteiger partial charge in [-0.15, -0.1) is 0 Å². The number of nitrogens with zero attached hydrogens (tertiary/aromatic N) is 3. The molecule has 11 nitrogen and oxygen atoms in total. The summed E-state index contributed by atoms with van der Waals surface area (Å²) in [7, 11) is -8.46. The molecule has 0 saturated carbocycles. The molecule has 6 aromatic rings. The molecule has 3 heterocycles. The van der Waals surface area contributed by atoms with Gasteiger partial charge in [0, 0.05) is 47.3 Å². The number of esters is 1. The molecule has 0 saturated heterocycles. The van der Waals surface area contributed by atoms with Crippen LogP contribution < -0.4 is 9.47 Å². The van der Waals surface area contributed by atoms with Crippen LogP contribution in [0.1, 0.15) is 36.2 Å². The fraction of sp³-hybridized carbons (Fsp3) is 0.211. The van der Waals surface area contributed by atoms with Crippen LogP contribution in [0.15, 0.2) is 101 Å². The zero-order valence-electron chi connectivity index (χ0n) is 29.0. The SMILES string of the molecule is CCOC(=O)Cc1cccc2c1OCC2(C)c1ccn(-c2cc(Oc3c(F)cc4c(ccn4S(=O)(=O)c4ccc(C)cc4)c3S(C)(=O)=O)ccc2F)n1. The van der Waals surface area contributed by atoms with Gasteiger partial charge in [0.05, 0.1) is 34.5 Å². The highest BCUT2D eigenvalue weighted by Crippen LogP contribution is 2.45. The highest BCUT2D eigenvalue weighted by molar-refractivity contribution is 7.91. The van der Waals surface area contributed by atoms with Crippen molar-refractivity contribution >= 4 is 36.7 Å². The van der Waals surface area contributed by atoms with Crippen LogP contribution >= 0.6 is 0 Å². The second-order valence-electron chi connectivity index (χ2n) is 12.9. The Morgan fingerprint density at radius 2 is 1.72 bits per heavy atom. The number of hydrogen-bond donors (Lipinski definition) is 0. The van der Waals surface area contributed by atoms with E-state index in [-0.39, 0.29) is 52.8 Å². The minimum Gasteiger partial charge on any atom is -0.492 e. The molecular formula is C38H33F2N3O8S2. The van der Waals surface area contributed by atoms with Crippen LogP contribution in [0.3, 0.4) is 0 Å². The number of benzene rings is 4. The number of fused-ring (bicyclic) bond motifs is 2. The molecule has 1 aliphatic heterocycles. The van der Waals surface area contributed by atoms with Gasteiger partial charge in [0.15, 0.2) is 21.4 Å². The van der Waals surface area contributed by atoms with E-state index in [9.17, 15) is 21.6 Å². The minimum atomic E-state index is -4.23. The van der Waals surface area contributed by atoms with Crippen molar-refractivity contribution < 1.29 is 44.6 Å². The lowest BCUT2D eigenvalue weighted by Crippen LogP contribution is -2.26. The summed E-state index contributed by atoms with van der Waals surface area (Å²) in [6.07, 6.45) is 3.58. The van der Waals surface area contributed by atoms with Gasteiger partial charge in [-0.1, -0.05) is 35.9 Å². The average Bonchev–Trinajstić information content (AvgIpc) is 3.85. The Balaban J connectivity index is 1.24. The van der Waals surface area contributed by atoms with Gasteiger partial charge < -0.3 is 14.2 Å². The first-order valence-electron chi connectivity index (χ1n) is 16.4. The van der Waals surface area contributed by atoms with Crippen molar-refractivity contribution in [1.82, 2.24) is 13.8 Å². The molecule has 0 amide bonds. The van der Waals surface area contributed by atoms with Gasteiger partial charge >= 0.3 is 5.97 Å². The summed E-state index contributed by atoms with van der Waals surface area (Å²) in [6, 6.07) is 18.9. The maximum atomic E-state index is 15.9. The van der Waals surface area contributed by atoms with E-state index in [0.717, 1.165) is 39.7 Å². The van der Waals surface area contributed by atoms with Crippen LogP contribution in [0.5, 0.6) is 17.2 Å². The Bertz CT molecular complexity index is 2650. The molecule has 0 fully saturated rings. The quantitative estimate of drug-likeness (QED) is 0.141. The van der Waals surface area contributed by atoms with E-state index in [2.05, 4.69) is 5.10 Å². The number of hydrogen-bond acceptors (Lipinski definition) is 9. The van der Waals surface area contributed by atoms with Crippen LogP contribution in [0.4, 0.5) is 8.78 Å². The zero-order valence-corrected chi connectivity index (χ0v) is 30.6. The van der Waals surface area contributed by atoms with Crippen LogP contribution in [0.25, 0.3) is 16.6 Å². The van der Waals surface area contributed by atoms with Crippen LogP contribution in [0.2, 0.25) is 0 Å². The predicted molar refractivity (Wildman–Crippen MR) is 191 cm³/mol. The molecule has 2 aromatic heterocycles. The standard InChI is InChI=1S/C38H33F2N3O8S2/c1-5-49-34(44)19-24-7-6-8-28-35(24)50-22-38(28,3)33-16-17-42(41-33)32-20-25(11-14-29(32)39)51-36-30(40)21-31-27(37(36)52(4,45)46)15-18-43(31)53(47,48)26-12-9-23(2)10-13-26/h6-18,20-21H,5,19,22H2,1-4H3. The van der Waals surface area contributed by atoms with Crippen molar-refractivity contribution in [3.8, 4) is 22.9 Å². The number of carbonyl (C=O) groups is 1. The molecule has 53 heavy (non-hydrogen) atoms. The van der Waals surface area contributed by atoms with Crippen LogP contribution in [-0.4, -0.2) is 56.0 Å². The third-order valence-corrected chi connectivity index (χ3v) is 12.0. The Labute approximate surface area is 304 Å². The Kier molecular flexibility index (Phi) is 8.89. The molecule has 7 rings (SSSR count). The number of para-hydroxylation sites is 1. The highest BCUT2D eigenvalue weighted by atomic mass is 32.2. The van der Waals surface area contributed by atoms with Gasteiger partial charge in [-0.05, 0) is 57.2 Å². The Hall–Kier alpha value is -5.54. The number of carbonyl (C=O) groups excluding carboxylic acids is 1. The summed E-state index contributed by atoms with van der Waals surface area (Å²) in [4.78, 5) is 11.6. The second-order valence-corrected chi connectivity index (χ2v) is 16.7.